The normalized spacial score (nSPS) is 15.7. The second-order valence-corrected chi connectivity index (χ2v) is 9.77. The van der Waals surface area contributed by atoms with Gasteiger partial charge in [0.1, 0.15) is 28.2 Å². The van der Waals surface area contributed by atoms with E-state index in [2.05, 4.69) is 28.2 Å². The van der Waals surface area contributed by atoms with E-state index in [0.717, 1.165) is 39.7 Å². The molecule has 3 N–H and O–H groups in total. The smallest absolute Gasteiger partial charge is 0.267 e. The van der Waals surface area contributed by atoms with Gasteiger partial charge in [0, 0.05) is 21.0 Å². The van der Waals surface area contributed by atoms with Gasteiger partial charge in [0.05, 0.1) is 5.56 Å². The zero-order chi connectivity index (χ0) is 22.8. The van der Waals surface area contributed by atoms with Crippen molar-refractivity contribution < 1.29 is 14.0 Å². The second-order valence-electron chi connectivity index (χ2n) is 7.75. The van der Waals surface area contributed by atoms with E-state index in [-0.39, 0.29) is 5.57 Å². The van der Waals surface area contributed by atoms with E-state index < -0.39 is 11.8 Å². The molecule has 1 aromatic carbocycles. The number of carbonyl (C=O) groups is 2. The number of amides is 2. The van der Waals surface area contributed by atoms with Gasteiger partial charge in [0.15, 0.2) is 0 Å². The van der Waals surface area contributed by atoms with E-state index in [1.54, 1.807) is 12.1 Å². The highest BCUT2D eigenvalue weighted by molar-refractivity contribution is 9.10. The average molecular weight is 510 g/mol. The summed E-state index contributed by atoms with van der Waals surface area (Å²) in [5, 5.41) is 12.7. The quantitative estimate of drug-likeness (QED) is 0.347. The van der Waals surface area contributed by atoms with Crippen LogP contribution in [0.2, 0.25) is 0 Å². The highest BCUT2D eigenvalue weighted by Crippen LogP contribution is 2.39. The largest absolute Gasteiger partial charge is 0.457 e. The lowest BCUT2D eigenvalue weighted by Gasteiger charge is -2.18. The Kier molecular flexibility index (Phi) is 6.31. The van der Waals surface area contributed by atoms with E-state index in [0.29, 0.717) is 28.0 Å². The van der Waals surface area contributed by atoms with Crippen molar-refractivity contribution >= 4 is 50.2 Å². The molecule has 0 fully saturated rings. The SMILES string of the molecule is CC1CCc2c(sc(NC(=O)/C(C#N)=C\c3ccc(-c4ccc(Br)cc4)o3)c2C(N)=O)C1. The number of hydrogen-bond acceptors (Lipinski definition) is 5. The Hall–Kier alpha value is -3.15. The lowest BCUT2D eigenvalue weighted by Crippen LogP contribution is -2.19. The summed E-state index contributed by atoms with van der Waals surface area (Å²) in [4.78, 5) is 26.0. The lowest BCUT2D eigenvalue weighted by atomic mass is 9.88. The van der Waals surface area contributed by atoms with Crippen molar-refractivity contribution in [2.24, 2.45) is 11.7 Å². The fraction of sp³-hybridized carbons (Fsp3) is 0.208. The van der Waals surface area contributed by atoms with Crippen LogP contribution in [0.3, 0.4) is 0 Å². The first kappa shape index (κ1) is 22.1. The van der Waals surface area contributed by atoms with E-state index in [1.165, 1.54) is 17.4 Å². The molecule has 0 bridgehead atoms. The minimum atomic E-state index is -0.608. The minimum absolute atomic E-state index is 0.128. The van der Waals surface area contributed by atoms with Crippen LogP contribution in [-0.2, 0) is 17.6 Å². The zero-order valence-corrected chi connectivity index (χ0v) is 19.7. The molecule has 0 radical (unpaired) electrons. The molecule has 0 saturated heterocycles. The minimum Gasteiger partial charge on any atom is -0.457 e. The number of nitrogens with zero attached hydrogens (tertiary/aromatic N) is 1. The van der Waals surface area contributed by atoms with Gasteiger partial charge in [-0.15, -0.1) is 11.3 Å². The average Bonchev–Trinajstić information content (AvgIpc) is 3.36. The maximum atomic E-state index is 12.8. The molecule has 0 aliphatic heterocycles. The maximum Gasteiger partial charge on any atom is 0.267 e. The second kappa shape index (κ2) is 9.15. The van der Waals surface area contributed by atoms with Gasteiger partial charge < -0.3 is 15.5 Å². The van der Waals surface area contributed by atoms with Crippen molar-refractivity contribution in [3.05, 3.63) is 68.2 Å². The Bertz CT molecular complexity index is 1260. The van der Waals surface area contributed by atoms with Crippen molar-refractivity contribution in [3.63, 3.8) is 0 Å². The molecule has 4 rings (SSSR count). The van der Waals surface area contributed by atoms with Crippen molar-refractivity contribution in [1.29, 1.82) is 5.26 Å². The van der Waals surface area contributed by atoms with Crippen LogP contribution in [0.25, 0.3) is 17.4 Å². The molecule has 6 nitrogen and oxygen atoms in total. The number of carbonyl (C=O) groups excluding carboxylic acids is 2. The molecular formula is C24H20BrN3O3S. The summed E-state index contributed by atoms with van der Waals surface area (Å²) in [6.45, 7) is 2.16. The summed E-state index contributed by atoms with van der Waals surface area (Å²) < 4.78 is 6.74. The molecule has 32 heavy (non-hydrogen) atoms. The van der Waals surface area contributed by atoms with Crippen LogP contribution in [0.15, 0.2) is 50.9 Å². The molecule has 1 aliphatic rings. The van der Waals surface area contributed by atoms with Crippen LogP contribution in [0.1, 0.15) is 39.9 Å². The fourth-order valence-corrected chi connectivity index (χ4v) is 5.44. The third-order valence-electron chi connectivity index (χ3n) is 5.39. The molecule has 162 valence electrons. The molecular weight excluding hydrogens is 490 g/mol. The van der Waals surface area contributed by atoms with Crippen molar-refractivity contribution in [1.82, 2.24) is 0 Å². The van der Waals surface area contributed by atoms with Gasteiger partial charge in [-0.2, -0.15) is 5.26 Å². The number of hydrogen-bond donors (Lipinski definition) is 2. The number of thiophene rings is 1. The standard InChI is InChI=1S/C24H20BrN3O3S/c1-13-2-8-18-20(10-13)32-24(21(18)22(27)29)28-23(30)15(12-26)11-17-7-9-19(31-17)14-3-5-16(25)6-4-14/h3-7,9,11,13H,2,8,10H2,1H3,(H2,27,29)(H,28,30)/b15-11-. The van der Waals surface area contributed by atoms with Gasteiger partial charge in [-0.1, -0.05) is 35.0 Å². The van der Waals surface area contributed by atoms with Gasteiger partial charge in [0.25, 0.3) is 11.8 Å². The molecule has 0 spiro atoms. The molecule has 2 amide bonds. The number of rotatable bonds is 5. The molecule has 0 saturated carbocycles. The number of halogens is 1. The van der Waals surface area contributed by atoms with Crippen molar-refractivity contribution in [2.75, 3.05) is 5.32 Å². The number of nitrogens with one attached hydrogen (secondary N) is 1. The van der Waals surface area contributed by atoms with Gasteiger partial charge in [0.2, 0.25) is 0 Å². The molecule has 1 aliphatic carbocycles. The summed E-state index contributed by atoms with van der Waals surface area (Å²) in [7, 11) is 0. The van der Waals surface area contributed by atoms with Gasteiger partial charge in [-0.25, -0.2) is 0 Å². The van der Waals surface area contributed by atoms with Crippen LogP contribution in [-0.4, -0.2) is 11.8 Å². The predicted octanol–water partition coefficient (Wildman–Crippen LogP) is 5.54. The number of fused-ring (bicyclic) bond motifs is 1. The number of primary amides is 1. The van der Waals surface area contributed by atoms with Gasteiger partial charge >= 0.3 is 0 Å². The van der Waals surface area contributed by atoms with Crippen LogP contribution in [0.4, 0.5) is 5.00 Å². The Morgan fingerprint density at radius 1 is 1.28 bits per heavy atom. The number of nitriles is 1. The number of furan rings is 1. The Morgan fingerprint density at radius 2 is 2.03 bits per heavy atom. The van der Waals surface area contributed by atoms with Crippen LogP contribution < -0.4 is 11.1 Å². The van der Waals surface area contributed by atoms with E-state index >= 15 is 0 Å². The summed E-state index contributed by atoms with van der Waals surface area (Å²) >= 11 is 4.76. The van der Waals surface area contributed by atoms with Crippen molar-refractivity contribution in [2.45, 2.75) is 26.2 Å². The lowest BCUT2D eigenvalue weighted by molar-refractivity contribution is -0.112. The van der Waals surface area contributed by atoms with Gasteiger partial charge in [-0.3, -0.25) is 9.59 Å². The first-order valence-electron chi connectivity index (χ1n) is 10.1. The molecule has 8 heteroatoms. The van der Waals surface area contributed by atoms with Crippen LogP contribution >= 0.6 is 27.3 Å². The zero-order valence-electron chi connectivity index (χ0n) is 17.3. The highest BCUT2D eigenvalue weighted by Gasteiger charge is 2.27. The first-order chi connectivity index (χ1) is 15.4. The Balaban J connectivity index is 1.58. The highest BCUT2D eigenvalue weighted by atomic mass is 79.9. The fourth-order valence-electron chi connectivity index (χ4n) is 3.76. The number of benzene rings is 1. The summed E-state index contributed by atoms with van der Waals surface area (Å²) in [6.07, 6.45) is 3.97. The van der Waals surface area contributed by atoms with E-state index in [9.17, 15) is 14.9 Å². The third-order valence-corrected chi connectivity index (χ3v) is 7.09. The maximum absolute atomic E-state index is 12.8. The molecule has 1 unspecified atom stereocenters. The predicted molar refractivity (Wildman–Crippen MR) is 128 cm³/mol. The van der Waals surface area contributed by atoms with Crippen LogP contribution in [0, 0.1) is 17.2 Å². The monoisotopic (exact) mass is 509 g/mol. The topological polar surface area (TPSA) is 109 Å². The Morgan fingerprint density at radius 3 is 2.72 bits per heavy atom. The number of nitrogens with two attached hydrogens (primary N) is 1. The summed E-state index contributed by atoms with van der Waals surface area (Å²) in [5.41, 5.74) is 7.64. The van der Waals surface area contributed by atoms with Crippen molar-refractivity contribution in [3.8, 4) is 17.4 Å². The van der Waals surface area contributed by atoms with E-state index in [1.807, 2.05) is 30.3 Å². The van der Waals surface area contributed by atoms with E-state index in [4.69, 9.17) is 10.2 Å². The summed E-state index contributed by atoms with van der Waals surface area (Å²) in [5.74, 6) is 0.337. The molecule has 1 atom stereocenters. The third kappa shape index (κ3) is 4.54. The summed E-state index contributed by atoms with van der Waals surface area (Å²) in [6, 6.07) is 13.0. The number of anilines is 1. The molecule has 2 aromatic heterocycles. The Labute approximate surface area is 197 Å². The first-order valence-corrected chi connectivity index (χ1v) is 11.7. The van der Waals surface area contributed by atoms with Gasteiger partial charge in [-0.05, 0) is 55.0 Å². The molecule has 2 heterocycles. The molecule has 3 aromatic rings. The van der Waals surface area contributed by atoms with Crippen LogP contribution in [0.5, 0.6) is 0 Å².